The Labute approximate surface area is 183 Å². The highest BCUT2D eigenvalue weighted by atomic mass is 19.1. The van der Waals surface area contributed by atoms with Gasteiger partial charge in [-0.15, -0.1) is 0 Å². The van der Waals surface area contributed by atoms with Crippen molar-refractivity contribution in [2.45, 2.75) is 12.5 Å². The van der Waals surface area contributed by atoms with Crippen LogP contribution < -0.4 is 10.1 Å². The number of piperidine rings is 1. The van der Waals surface area contributed by atoms with Crippen molar-refractivity contribution in [3.05, 3.63) is 72.1 Å². The molecule has 32 heavy (non-hydrogen) atoms. The highest BCUT2D eigenvalue weighted by molar-refractivity contribution is 5.94. The van der Waals surface area contributed by atoms with Gasteiger partial charge in [-0.3, -0.25) is 4.79 Å². The number of carbonyl (C=O) groups excluding carboxylic acids is 1. The van der Waals surface area contributed by atoms with Crippen molar-refractivity contribution in [2.75, 3.05) is 19.6 Å². The monoisotopic (exact) mass is 442 g/mol. The highest BCUT2D eigenvalue weighted by Crippen LogP contribution is 2.28. The summed E-state index contributed by atoms with van der Waals surface area (Å²) in [6, 6.07) is 13.2. The molecule has 8 nitrogen and oxygen atoms in total. The molecule has 2 aromatic rings. The van der Waals surface area contributed by atoms with Crippen molar-refractivity contribution < 1.29 is 33.7 Å². The number of rotatable bonds is 6. The number of hydrogen-bond acceptors (Lipinski definition) is 5. The summed E-state index contributed by atoms with van der Waals surface area (Å²) in [5.74, 6) is -1.31. The average molecular weight is 442 g/mol. The second-order valence-electron chi connectivity index (χ2n) is 7.48. The van der Waals surface area contributed by atoms with Crippen LogP contribution in [0.5, 0.6) is 11.5 Å². The first-order valence-corrected chi connectivity index (χ1v) is 10.0. The van der Waals surface area contributed by atoms with Gasteiger partial charge in [-0.25, -0.2) is 14.0 Å². The van der Waals surface area contributed by atoms with E-state index in [4.69, 9.17) is 14.9 Å². The molecule has 168 valence electrons. The number of amides is 1. The van der Waals surface area contributed by atoms with Gasteiger partial charge in [0, 0.05) is 42.9 Å². The van der Waals surface area contributed by atoms with E-state index in [1.165, 1.54) is 18.6 Å². The van der Waals surface area contributed by atoms with Crippen molar-refractivity contribution >= 4 is 17.8 Å². The zero-order valence-corrected chi connectivity index (χ0v) is 17.1. The molecule has 0 radical (unpaired) electrons. The number of aliphatic carboxylic acids is 2. The minimum absolute atomic E-state index is 0.0499. The summed E-state index contributed by atoms with van der Waals surface area (Å²) in [6.07, 6.45) is 2.29. The minimum atomic E-state index is -1.26. The summed E-state index contributed by atoms with van der Waals surface area (Å²) in [7, 11) is 0. The first-order chi connectivity index (χ1) is 15.3. The molecule has 1 unspecified atom stereocenters. The van der Waals surface area contributed by atoms with Crippen LogP contribution in [0.3, 0.4) is 0 Å². The molecule has 2 saturated heterocycles. The van der Waals surface area contributed by atoms with Crippen LogP contribution in [0.25, 0.3) is 0 Å². The molecule has 3 N–H and O–H groups in total. The lowest BCUT2D eigenvalue weighted by molar-refractivity contribution is -0.134. The quantitative estimate of drug-likeness (QED) is 0.589. The van der Waals surface area contributed by atoms with E-state index in [9.17, 15) is 18.8 Å². The minimum Gasteiger partial charge on any atom is -0.478 e. The van der Waals surface area contributed by atoms with Gasteiger partial charge in [0.05, 0.1) is 0 Å². The molecule has 0 aromatic heterocycles. The molecule has 2 bridgehead atoms. The van der Waals surface area contributed by atoms with Crippen LogP contribution in [-0.4, -0.2) is 58.6 Å². The molecule has 0 saturated carbocycles. The van der Waals surface area contributed by atoms with Crippen molar-refractivity contribution in [3.63, 3.8) is 0 Å². The lowest BCUT2D eigenvalue weighted by Crippen LogP contribution is -2.43. The van der Waals surface area contributed by atoms with E-state index in [-0.39, 0.29) is 17.8 Å². The standard InChI is InChI=1S/C19H19FN2O2.C4H4O4/c20-15-2-1-3-17(10-15)24-16-6-4-13(5-7-16)19(23)21-18-12-22-9-8-14(18)11-22;5-3(6)1-2-4(7)8/h1-7,10,14,18H,8-9,11-12H2,(H,21,23);1-2H,(H,5,6)(H,7,8)/b;2-1+/t14-,18-;/m0./s1. The van der Waals surface area contributed by atoms with Gasteiger partial charge in [0.1, 0.15) is 17.3 Å². The molecule has 4 rings (SSSR count). The van der Waals surface area contributed by atoms with Gasteiger partial charge in [-0.05, 0) is 55.3 Å². The van der Waals surface area contributed by atoms with Crippen LogP contribution in [0.1, 0.15) is 16.8 Å². The van der Waals surface area contributed by atoms with Crippen LogP contribution in [0, 0.1) is 11.7 Å². The molecular formula is C23H23FN2O6. The number of nitrogens with one attached hydrogen (secondary N) is 1. The van der Waals surface area contributed by atoms with Crippen LogP contribution in [-0.2, 0) is 9.59 Å². The number of carbonyl (C=O) groups is 3. The summed E-state index contributed by atoms with van der Waals surface area (Å²) < 4.78 is 18.8. The predicted octanol–water partition coefficient (Wildman–Crippen LogP) is 2.76. The Hall–Kier alpha value is -3.72. The molecular weight excluding hydrogens is 419 g/mol. The van der Waals surface area contributed by atoms with Crippen LogP contribution in [0.4, 0.5) is 4.39 Å². The Bertz CT molecular complexity index is 992. The summed E-state index contributed by atoms with van der Waals surface area (Å²) in [5.41, 5.74) is 0.611. The number of halogens is 1. The van der Waals surface area contributed by atoms with Crippen LogP contribution in [0.2, 0.25) is 0 Å². The van der Waals surface area contributed by atoms with Crippen molar-refractivity contribution in [1.29, 1.82) is 0 Å². The molecule has 2 aromatic carbocycles. The normalized spacial score (nSPS) is 21.0. The molecule has 1 amide bonds. The maximum atomic E-state index is 13.2. The second-order valence-corrected chi connectivity index (χ2v) is 7.48. The predicted molar refractivity (Wildman–Crippen MR) is 113 cm³/mol. The summed E-state index contributed by atoms with van der Waals surface area (Å²) in [4.78, 5) is 33.9. The largest absolute Gasteiger partial charge is 0.478 e. The smallest absolute Gasteiger partial charge is 0.328 e. The van der Waals surface area contributed by atoms with Gasteiger partial charge in [0.2, 0.25) is 0 Å². The fraction of sp³-hybridized carbons (Fsp3) is 0.261. The third-order valence-electron chi connectivity index (χ3n) is 5.17. The number of nitrogens with zero attached hydrogens (tertiary/aromatic N) is 1. The van der Waals surface area contributed by atoms with E-state index in [0.717, 1.165) is 19.6 Å². The molecule has 2 aliphatic rings. The molecule has 0 spiro atoms. The van der Waals surface area contributed by atoms with E-state index >= 15 is 0 Å². The molecule has 2 heterocycles. The van der Waals surface area contributed by atoms with E-state index in [0.29, 0.717) is 35.1 Å². The zero-order valence-electron chi connectivity index (χ0n) is 17.1. The average Bonchev–Trinajstić information content (AvgIpc) is 3.36. The van der Waals surface area contributed by atoms with E-state index < -0.39 is 11.9 Å². The molecule has 2 fully saturated rings. The van der Waals surface area contributed by atoms with Gasteiger partial charge >= 0.3 is 11.9 Å². The second kappa shape index (κ2) is 10.5. The Morgan fingerprint density at radius 1 is 1.00 bits per heavy atom. The summed E-state index contributed by atoms with van der Waals surface area (Å²) in [5, 5.41) is 18.8. The highest BCUT2D eigenvalue weighted by Gasteiger charge is 2.38. The molecule has 9 heteroatoms. The number of carboxylic acid groups (broad SMARTS) is 2. The fourth-order valence-electron chi connectivity index (χ4n) is 3.68. The van der Waals surface area contributed by atoms with E-state index in [2.05, 4.69) is 10.2 Å². The Balaban J connectivity index is 0.000000312. The molecule has 3 atom stereocenters. The topological polar surface area (TPSA) is 116 Å². The first kappa shape index (κ1) is 23.0. The van der Waals surface area contributed by atoms with Gasteiger partial charge < -0.3 is 25.2 Å². The third kappa shape index (κ3) is 6.64. The Morgan fingerprint density at radius 2 is 1.69 bits per heavy atom. The number of hydrogen-bond donors (Lipinski definition) is 3. The Morgan fingerprint density at radius 3 is 2.22 bits per heavy atom. The van der Waals surface area contributed by atoms with Gasteiger partial charge in [-0.2, -0.15) is 0 Å². The lowest BCUT2D eigenvalue weighted by Gasteiger charge is -2.23. The van der Waals surface area contributed by atoms with Crippen molar-refractivity contribution in [1.82, 2.24) is 10.2 Å². The third-order valence-corrected chi connectivity index (χ3v) is 5.17. The van der Waals surface area contributed by atoms with Crippen LogP contribution in [0.15, 0.2) is 60.7 Å². The number of fused-ring (bicyclic) bond motifs is 2. The van der Waals surface area contributed by atoms with Crippen molar-refractivity contribution in [3.8, 4) is 11.5 Å². The molecule has 0 aliphatic carbocycles. The first-order valence-electron chi connectivity index (χ1n) is 10.0. The maximum Gasteiger partial charge on any atom is 0.328 e. The Kier molecular flexibility index (Phi) is 7.56. The summed E-state index contributed by atoms with van der Waals surface area (Å²) in [6.45, 7) is 3.21. The molecule has 2 aliphatic heterocycles. The number of carboxylic acids is 2. The lowest BCUT2D eigenvalue weighted by atomic mass is 9.99. The number of benzene rings is 2. The maximum absolute atomic E-state index is 13.2. The summed E-state index contributed by atoms with van der Waals surface area (Å²) >= 11 is 0. The van der Waals surface area contributed by atoms with Gasteiger partial charge in [-0.1, -0.05) is 6.07 Å². The zero-order chi connectivity index (χ0) is 23.1. The van der Waals surface area contributed by atoms with Crippen molar-refractivity contribution in [2.24, 2.45) is 5.92 Å². The number of ether oxygens (including phenoxy) is 1. The van der Waals surface area contributed by atoms with Gasteiger partial charge in [0.15, 0.2) is 0 Å². The SMILES string of the molecule is O=C(N[C@H]1CN2CC[C@H]1C2)c1ccc(Oc2cccc(F)c2)cc1.O=C(O)/C=C/C(=O)O. The van der Waals surface area contributed by atoms with E-state index in [1.807, 2.05) is 0 Å². The van der Waals surface area contributed by atoms with E-state index in [1.54, 1.807) is 36.4 Å². The van der Waals surface area contributed by atoms with Crippen LogP contribution >= 0.6 is 0 Å². The van der Waals surface area contributed by atoms with Gasteiger partial charge in [0.25, 0.3) is 5.91 Å². The fourth-order valence-corrected chi connectivity index (χ4v) is 3.68.